The highest BCUT2D eigenvalue weighted by Gasteiger charge is 2.33. The molecule has 1 aliphatic heterocycles. The highest BCUT2D eigenvalue weighted by molar-refractivity contribution is 7.11. The number of ether oxygens (including phenoxy) is 1. The molecule has 2 heterocycles. The van der Waals surface area contributed by atoms with E-state index < -0.39 is 6.10 Å². The van der Waals surface area contributed by atoms with E-state index in [2.05, 4.69) is 10.3 Å². The van der Waals surface area contributed by atoms with Crippen molar-refractivity contribution in [1.29, 1.82) is 0 Å². The van der Waals surface area contributed by atoms with Gasteiger partial charge in [-0.3, -0.25) is 14.5 Å². The summed E-state index contributed by atoms with van der Waals surface area (Å²) >= 11 is 1.63. The van der Waals surface area contributed by atoms with Crippen molar-refractivity contribution in [1.82, 2.24) is 10.3 Å². The molecule has 7 heteroatoms. The molecule has 0 bridgehead atoms. The first-order valence-corrected chi connectivity index (χ1v) is 8.49. The fourth-order valence-electron chi connectivity index (χ4n) is 2.74. The number of benzene rings is 1. The molecule has 2 amide bonds. The normalized spacial score (nSPS) is 16.6. The third-order valence-corrected chi connectivity index (χ3v) is 4.81. The number of aryl methyl sites for hydroxylation is 2. The molecule has 1 aliphatic rings. The maximum atomic E-state index is 12.5. The minimum Gasteiger partial charge on any atom is -0.479 e. The summed E-state index contributed by atoms with van der Waals surface area (Å²) < 4.78 is 5.68. The molecular weight excluding hydrogens is 326 g/mol. The Hall–Kier alpha value is -2.41. The number of hydrogen-bond donors (Lipinski definition) is 1. The lowest BCUT2D eigenvalue weighted by Crippen LogP contribution is -2.48. The third kappa shape index (κ3) is 2.87. The lowest BCUT2D eigenvalue weighted by Gasteiger charge is -2.32. The number of nitrogens with one attached hydrogen (secondary N) is 1. The average Bonchev–Trinajstić information content (AvgIpc) is 2.89. The Morgan fingerprint density at radius 3 is 2.79 bits per heavy atom. The summed E-state index contributed by atoms with van der Waals surface area (Å²) in [5, 5.41) is 3.54. The minimum absolute atomic E-state index is 0.0332. The maximum absolute atomic E-state index is 12.5. The van der Waals surface area contributed by atoms with Gasteiger partial charge in [-0.1, -0.05) is 0 Å². The average molecular weight is 345 g/mol. The summed E-state index contributed by atoms with van der Waals surface area (Å²) in [5.74, 6) is 0.142. The molecule has 3 rings (SSSR count). The van der Waals surface area contributed by atoms with Gasteiger partial charge < -0.3 is 10.1 Å². The highest BCUT2D eigenvalue weighted by atomic mass is 32.1. The minimum atomic E-state index is -0.615. The molecule has 0 saturated carbocycles. The second-order valence-electron chi connectivity index (χ2n) is 5.68. The molecule has 1 atom stereocenters. The Balaban J connectivity index is 2.07. The van der Waals surface area contributed by atoms with Crippen molar-refractivity contribution in [2.75, 3.05) is 18.5 Å². The van der Waals surface area contributed by atoms with Gasteiger partial charge >= 0.3 is 0 Å². The van der Waals surface area contributed by atoms with Crippen molar-refractivity contribution in [3.8, 4) is 17.0 Å². The number of nitrogens with zero attached hydrogens (tertiary/aromatic N) is 2. The van der Waals surface area contributed by atoms with E-state index in [9.17, 15) is 9.59 Å². The van der Waals surface area contributed by atoms with Gasteiger partial charge in [0.25, 0.3) is 5.91 Å². The molecule has 2 aromatic rings. The number of amides is 2. The first kappa shape index (κ1) is 16.4. The van der Waals surface area contributed by atoms with Gasteiger partial charge in [0.15, 0.2) is 6.10 Å². The third-order valence-electron chi connectivity index (χ3n) is 3.92. The Morgan fingerprint density at radius 2 is 2.17 bits per heavy atom. The molecule has 1 N–H and O–H groups in total. The van der Waals surface area contributed by atoms with E-state index in [-0.39, 0.29) is 18.4 Å². The fraction of sp³-hybridized carbons (Fsp3) is 0.353. The van der Waals surface area contributed by atoms with Crippen LogP contribution in [0.1, 0.15) is 16.8 Å². The molecule has 0 radical (unpaired) electrons. The first-order chi connectivity index (χ1) is 11.4. The van der Waals surface area contributed by atoms with Crippen molar-refractivity contribution in [3.05, 3.63) is 28.1 Å². The molecule has 1 aromatic carbocycles. The highest BCUT2D eigenvalue weighted by Crippen LogP contribution is 2.38. The van der Waals surface area contributed by atoms with Crippen LogP contribution in [0.15, 0.2) is 18.2 Å². The predicted octanol–water partition coefficient (Wildman–Crippen LogP) is 2.29. The molecule has 1 aromatic heterocycles. The largest absolute Gasteiger partial charge is 0.479 e. The molecule has 0 spiro atoms. The molecule has 0 saturated heterocycles. The van der Waals surface area contributed by atoms with Crippen molar-refractivity contribution in [2.45, 2.75) is 26.9 Å². The van der Waals surface area contributed by atoms with Crippen LogP contribution >= 0.6 is 11.3 Å². The van der Waals surface area contributed by atoms with Gasteiger partial charge in [-0.05, 0) is 39.0 Å². The topological polar surface area (TPSA) is 71.5 Å². The zero-order valence-corrected chi connectivity index (χ0v) is 14.9. The van der Waals surface area contributed by atoms with E-state index in [1.54, 1.807) is 25.3 Å². The summed E-state index contributed by atoms with van der Waals surface area (Å²) in [6, 6.07) is 5.63. The summed E-state index contributed by atoms with van der Waals surface area (Å²) in [6.07, 6.45) is -0.615. The number of rotatable bonds is 3. The lowest BCUT2D eigenvalue weighted by molar-refractivity contribution is -0.128. The van der Waals surface area contributed by atoms with Crippen LogP contribution in [0.5, 0.6) is 5.75 Å². The van der Waals surface area contributed by atoms with Gasteiger partial charge in [-0.25, -0.2) is 4.98 Å². The number of carbonyl (C=O) groups is 2. The standard InChI is InChI=1S/C17H19N3O3S/c1-9-17(22)20(8-15(21)18-4)13-7-12(5-6-14(13)23-9)16-10(2)24-11(3)19-16/h5-7,9H,8H2,1-4H3,(H,18,21). The van der Waals surface area contributed by atoms with Crippen LogP contribution in [-0.2, 0) is 9.59 Å². The van der Waals surface area contributed by atoms with Crippen molar-refractivity contribution >= 4 is 28.8 Å². The Labute approximate surface area is 144 Å². The van der Waals surface area contributed by atoms with Crippen LogP contribution in [-0.4, -0.2) is 36.5 Å². The Bertz CT molecular complexity index is 815. The molecule has 0 aliphatic carbocycles. The predicted molar refractivity (Wildman–Crippen MR) is 93.5 cm³/mol. The fourth-order valence-corrected chi connectivity index (χ4v) is 3.58. The van der Waals surface area contributed by atoms with Crippen LogP contribution in [0.25, 0.3) is 11.3 Å². The maximum Gasteiger partial charge on any atom is 0.268 e. The smallest absolute Gasteiger partial charge is 0.268 e. The number of anilines is 1. The van der Waals surface area contributed by atoms with Crippen LogP contribution in [0, 0.1) is 13.8 Å². The number of likely N-dealkylation sites (N-methyl/N-ethyl adjacent to an activating group) is 1. The Morgan fingerprint density at radius 1 is 1.42 bits per heavy atom. The second kappa shape index (κ2) is 6.24. The number of hydrogen-bond acceptors (Lipinski definition) is 5. The Kier molecular flexibility index (Phi) is 4.28. The van der Waals surface area contributed by atoms with Gasteiger partial charge in [0.1, 0.15) is 12.3 Å². The molecular formula is C17H19N3O3S. The second-order valence-corrected chi connectivity index (χ2v) is 7.09. The van der Waals surface area contributed by atoms with Crippen LogP contribution in [0.2, 0.25) is 0 Å². The molecule has 126 valence electrons. The van der Waals surface area contributed by atoms with Crippen molar-refractivity contribution in [2.24, 2.45) is 0 Å². The molecule has 0 fully saturated rings. The van der Waals surface area contributed by atoms with E-state index >= 15 is 0 Å². The van der Waals surface area contributed by atoms with E-state index in [0.717, 1.165) is 21.1 Å². The van der Waals surface area contributed by atoms with Crippen molar-refractivity contribution < 1.29 is 14.3 Å². The molecule has 24 heavy (non-hydrogen) atoms. The molecule has 6 nitrogen and oxygen atoms in total. The van der Waals surface area contributed by atoms with E-state index in [1.165, 1.54) is 4.90 Å². The van der Waals surface area contributed by atoms with Gasteiger partial charge in [0.05, 0.1) is 16.4 Å². The van der Waals surface area contributed by atoms with Gasteiger partial charge in [0.2, 0.25) is 5.91 Å². The summed E-state index contributed by atoms with van der Waals surface area (Å²) in [6.45, 7) is 5.63. The zero-order valence-electron chi connectivity index (χ0n) is 14.0. The quantitative estimate of drug-likeness (QED) is 0.926. The SMILES string of the molecule is CNC(=O)CN1C(=O)C(C)Oc2ccc(-c3nc(C)sc3C)cc21. The van der Waals surface area contributed by atoms with Crippen LogP contribution in [0.4, 0.5) is 5.69 Å². The van der Waals surface area contributed by atoms with E-state index in [0.29, 0.717) is 11.4 Å². The van der Waals surface area contributed by atoms with Gasteiger partial charge in [-0.15, -0.1) is 11.3 Å². The number of carbonyl (C=O) groups excluding carboxylic acids is 2. The van der Waals surface area contributed by atoms with Crippen LogP contribution in [0.3, 0.4) is 0 Å². The zero-order chi connectivity index (χ0) is 17.4. The summed E-state index contributed by atoms with van der Waals surface area (Å²) in [7, 11) is 1.55. The summed E-state index contributed by atoms with van der Waals surface area (Å²) in [5.41, 5.74) is 2.40. The lowest BCUT2D eigenvalue weighted by atomic mass is 10.1. The van der Waals surface area contributed by atoms with Crippen LogP contribution < -0.4 is 15.0 Å². The van der Waals surface area contributed by atoms with Gasteiger partial charge in [-0.2, -0.15) is 0 Å². The monoisotopic (exact) mass is 345 g/mol. The van der Waals surface area contributed by atoms with E-state index in [1.807, 2.05) is 32.0 Å². The summed E-state index contributed by atoms with van der Waals surface area (Å²) in [4.78, 5) is 31.4. The number of thiazole rings is 1. The van der Waals surface area contributed by atoms with E-state index in [4.69, 9.17) is 4.74 Å². The molecule has 1 unspecified atom stereocenters. The number of aromatic nitrogens is 1. The van der Waals surface area contributed by atoms with Gasteiger partial charge in [0, 0.05) is 17.5 Å². The van der Waals surface area contributed by atoms with Crippen molar-refractivity contribution in [3.63, 3.8) is 0 Å². The first-order valence-electron chi connectivity index (χ1n) is 7.67. The number of fused-ring (bicyclic) bond motifs is 1.